The number of rotatable bonds is 5. The molecular formula is C15H22FNO2. The Hall–Kier alpha value is -1.29. The Kier molecular flexibility index (Phi) is 3.99. The Bertz CT molecular complexity index is 450. The van der Waals surface area contributed by atoms with E-state index in [0.717, 1.165) is 19.3 Å². The van der Waals surface area contributed by atoms with E-state index in [0.29, 0.717) is 23.6 Å². The van der Waals surface area contributed by atoms with Crippen molar-refractivity contribution in [1.29, 1.82) is 0 Å². The van der Waals surface area contributed by atoms with Gasteiger partial charge in [0.2, 0.25) is 0 Å². The van der Waals surface area contributed by atoms with Crippen molar-refractivity contribution >= 4 is 0 Å². The lowest BCUT2D eigenvalue weighted by molar-refractivity contribution is 0.223. The zero-order valence-corrected chi connectivity index (χ0v) is 11.8. The van der Waals surface area contributed by atoms with Gasteiger partial charge in [-0.15, -0.1) is 0 Å². The highest BCUT2D eigenvalue weighted by molar-refractivity contribution is 5.47. The minimum Gasteiger partial charge on any atom is -0.493 e. The van der Waals surface area contributed by atoms with E-state index in [9.17, 15) is 4.39 Å². The smallest absolute Gasteiger partial charge is 0.164 e. The largest absolute Gasteiger partial charge is 0.493 e. The van der Waals surface area contributed by atoms with Gasteiger partial charge in [0, 0.05) is 18.0 Å². The van der Waals surface area contributed by atoms with Crippen molar-refractivity contribution in [3.63, 3.8) is 0 Å². The molecule has 0 aromatic heterocycles. The molecule has 19 heavy (non-hydrogen) atoms. The second kappa shape index (κ2) is 5.37. The minimum absolute atomic E-state index is 0.0219. The fourth-order valence-corrected chi connectivity index (χ4v) is 2.63. The second-order valence-corrected chi connectivity index (χ2v) is 5.49. The van der Waals surface area contributed by atoms with Gasteiger partial charge in [-0.2, -0.15) is 0 Å². The molecule has 0 radical (unpaired) electrons. The number of nitrogens with two attached hydrogens (primary N) is 1. The first-order valence-corrected chi connectivity index (χ1v) is 6.77. The van der Waals surface area contributed by atoms with Crippen molar-refractivity contribution in [3.8, 4) is 11.5 Å². The van der Waals surface area contributed by atoms with E-state index in [1.807, 2.05) is 13.8 Å². The van der Waals surface area contributed by atoms with E-state index in [-0.39, 0.29) is 17.3 Å². The van der Waals surface area contributed by atoms with Crippen LogP contribution in [0.4, 0.5) is 4.39 Å². The SMILES string of the molecule is COc1cc(C2(CN)CCC2)c(F)cc1OC(C)C. The fraction of sp³-hybridized carbons (Fsp3) is 0.600. The summed E-state index contributed by atoms with van der Waals surface area (Å²) in [6, 6.07) is 3.17. The zero-order chi connectivity index (χ0) is 14.0. The van der Waals surface area contributed by atoms with E-state index >= 15 is 0 Å². The maximum atomic E-state index is 14.3. The minimum atomic E-state index is -0.249. The monoisotopic (exact) mass is 267 g/mol. The maximum Gasteiger partial charge on any atom is 0.164 e. The normalized spacial score (nSPS) is 17.2. The highest BCUT2D eigenvalue weighted by atomic mass is 19.1. The van der Waals surface area contributed by atoms with Crippen LogP contribution in [-0.4, -0.2) is 19.8 Å². The lowest BCUT2D eigenvalue weighted by Crippen LogP contribution is -2.42. The molecule has 0 heterocycles. The highest BCUT2D eigenvalue weighted by Crippen LogP contribution is 2.46. The van der Waals surface area contributed by atoms with Gasteiger partial charge >= 0.3 is 0 Å². The summed E-state index contributed by atoms with van der Waals surface area (Å²) in [6.07, 6.45) is 2.96. The van der Waals surface area contributed by atoms with Gasteiger partial charge in [0.1, 0.15) is 5.82 Å². The fourth-order valence-electron chi connectivity index (χ4n) is 2.63. The van der Waals surface area contributed by atoms with Crippen LogP contribution in [0.3, 0.4) is 0 Å². The molecule has 1 aromatic carbocycles. The Morgan fingerprint density at radius 2 is 2.00 bits per heavy atom. The summed E-state index contributed by atoms with van der Waals surface area (Å²) < 4.78 is 25.2. The van der Waals surface area contributed by atoms with Crippen molar-refractivity contribution in [2.24, 2.45) is 5.73 Å². The number of ether oxygens (including phenoxy) is 2. The molecule has 0 amide bonds. The quantitative estimate of drug-likeness (QED) is 0.892. The molecule has 3 nitrogen and oxygen atoms in total. The molecule has 2 rings (SSSR count). The molecule has 1 aliphatic rings. The molecule has 1 aromatic rings. The van der Waals surface area contributed by atoms with Crippen LogP contribution in [0, 0.1) is 5.82 Å². The number of hydrogen-bond donors (Lipinski definition) is 1. The molecule has 1 aliphatic carbocycles. The van der Waals surface area contributed by atoms with Crippen LogP contribution in [0.15, 0.2) is 12.1 Å². The molecule has 0 unspecified atom stereocenters. The highest BCUT2D eigenvalue weighted by Gasteiger charge is 2.40. The topological polar surface area (TPSA) is 44.5 Å². The lowest BCUT2D eigenvalue weighted by Gasteiger charge is -2.41. The molecular weight excluding hydrogens is 245 g/mol. The summed E-state index contributed by atoms with van der Waals surface area (Å²) in [6.45, 7) is 4.27. The van der Waals surface area contributed by atoms with Crippen LogP contribution < -0.4 is 15.2 Å². The summed E-state index contributed by atoms with van der Waals surface area (Å²) in [5, 5.41) is 0. The Morgan fingerprint density at radius 1 is 1.32 bits per heavy atom. The van der Waals surface area contributed by atoms with Gasteiger partial charge in [0.05, 0.1) is 13.2 Å². The van der Waals surface area contributed by atoms with Gasteiger partial charge in [-0.3, -0.25) is 0 Å². The van der Waals surface area contributed by atoms with E-state index in [1.165, 1.54) is 6.07 Å². The molecule has 2 N–H and O–H groups in total. The van der Waals surface area contributed by atoms with Crippen LogP contribution in [-0.2, 0) is 5.41 Å². The predicted octanol–water partition coefficient (Wildman–Crippen LogP) is 3.00. The summed E-state index contributed by atoms with van der Waals surface area (Å²) in [5.41, 5.74) is 6.29. The molecule has 0 spiro atoms. The molecule has 0 atom stereocenters. The van der Waals surface area contributed by atoms with Gasteiger partial charge in [0.15, 0.2) is 11.5 Å². The van der Waals surface area contributed by atoms with E-state index in [4.69, 9.17) is 15.2 Å². The zero-order valence-electron chi connectivity index (χ0n) is 11.8. The van der Waals surface area contributed by atoms with E-state index in [1.54, 1.807) is 13.2 Å². The number of benzene rings is 1. The molecule has 0 bridgehead atoms. The third kappa shape index (κ3) is 2.54. The standard InChI is InChI=1S/C15H22FNO2/c1-10(2)19-14-8-12(16)11(7-13(14)18-3)15(9-17)5-4-6-15/h7-8,10H,4-6,9,17H2,1-3H3. The van der Waals surface area contributed by atoms with Gasteiger partial charge in [0.25, 0.3) is 0 Å². The molecule has 4 heteroatoms. The first-order chi connectivity index (χ1) is 9.02. The molecule has 1 fully saturated rings. The Balaban J connectivity index is 2.41. The summed E-state index contributed by atoms with van der Waals surface area (Å²) in [7, 11) is 1.57. The average molecular weight is 267 g/mol. The van der Waals surface area contributed by atoms with Crippen molar-refractivity contribution in [2.45, 2.75) is 44.6 Å². The van der Waals surface area contributed by atoms with E-state index in [2.05, 4.69) is 0 Å². The van der Waals surface area contributed by atoms with Gasteiger partial charge in [-0.1, -0.05) is 6.42 Å². The van der Waals surface area contributed by atoms with Gasteiger partial charge in [-0.05, 0) is 38.3 Å². The lowest BCUT2D eigenvalue weighted by atomic mass is 9.64. The van der Waals surface area contributed by atoms with Gasteiger partial charge in [-0.25, -0.2) is 4.39 Å². The first kappa shape index (κ1) is 14.1. The Labute approximate surface area is 113 Å². The van der Waals surface area contributed by atoms with Crippen LogP contribution in [0.1, 0.15) is 38.7 Å². The Morgan fingerprint density at radius 3 is 2.42 bits per heavy atom. The first-order valence-electron chi connectivity index (χ1n) is 6.77. The molecule has 1 saturated carbocycles. The molecule has 0 saturated heterocycles. The summed E-state index contributed by atoms with van der Waals surface area (Å²) in [4.78, 5) is 0. The maximum absolute atomic E-state index is 14.3. The number of hydrogen-bond acceptors (Lipinski definition) is 3. The number of methoxy groups -OCH3 is 1. The molecule has 0 aliphatic heterocycles. The number of halogens is 1. The summed E-state index contributed by atoms with van der Waals surface area (Å²) >= 11 is 0. The average Bonchev–Trinajstić information content (AvgIpc) is 2.30. The van der Waals surface area contributed by atoms with Crippen LogP contribution in [0.2, 0.25) is 0 Å². The van der Waals surface area contributed by atoms with Crippen molar-refractivity contribution in [1.82, 2.24) is 0 Å². The third-order valence-corrected chi connectivity index (χ3v) is 3.89. The van der Waals surface area contributed by atoms with Crippen LogP contribution in [0.25, 0.3) is 0 Å². The summed E-state index contributed by atoms with van der Waals surface area (Å²) in [5.74, 6) is 0.775. The van der Waals surface area contributed by atoms with Crippen LogP contribution >= 0.6 is 0 Å². The van der Waals surface area contributed by atoms with Crippen LogP contribution in [0.5, 0.6) is 11.5 Å². The van der Waals surface area contributed by atoms with E-state index < -0.39 is 0 Å². The van der Waals surface area contributed by atoms with Crippen molar-refractivity contribution in [3.05, 3.63) is 23.5 Å². The van der Waals surface area contributed by atoms with Crippen molar-refractivity contribution in [2.75, 3.05) is 13.7 Å². The predicted molar refractivity (Wildman–Crippen MR) is 73.3 cm³/mol. The molecule has 106 valence electrons. The third-order valence-electron chi connectivity index (χ3n) is 3.89. The van der Waals surface area contributed by atoms with Crippen molar-refractivity contribution < 1.29 is 13.9 Å². The second-order valence-electron chi connectivity index (χ2n) is 5.49. The van der Waals surface area contributed by atoms with Gasteiger partial charge < -0.3 is 15.2 Å².